The predicted molar refractivity (Wildman–Crippen MR) is 132 cm³/mol. The number of aromatic carboxylic acids is 1. The Morgan fingerprint density at radius 2 is 1.59 bits per heavy atom. The highest BCUT2D eigenvalue weighted by Gasteiger charge is 2.14. The van der Waals surface area contributed by atoms with Crippen LogP contribution in [-0.4, -0.2) is 62.9 Å². The van der Waals surface area contributed by atoms with Crippen LogP contribution in [0.25, 0.3) is 0 Å². The first-order valence-corrected chi connectivity index (χ1v) is 11.4. The molecule has 0 heterocycles. The maximum Gasteiger partial charge on any atom is 0.256 e. The quantitative estimate of drug-likeness (QED) is 0.479. The lowest BCUT2D eigenvalue weighted by Gasteiger charge is -2.21. The molecule has 0 aliphatic rings. The molecule has 8 heteroatoms. The van der Waals surface area contributed by atoms with Crippen LogP contribution in [0.3, 0.4) is 0 Å². The summed E-state index contributed by atoms with van der Waals surface area (Å²) in [6.45, 7) is 1.11. The van der Waals surface area contributed by atoms with Gasteiger partial charge >= 0.3 is 0 Å². The first-order chi connectivity index (χ1) is 16.1. The summed E-state index contributed by atoms with van der Waals surface area (Å²) in [7, 11) is 7.70. The first-order valence-electron chi connectivity index (χ1n) is 10.6. The molecule has 0 aliphatic carbocycles. The van der Waals surface area contributed by atoms with E-state index in [1.807, 2.05) is 24.3 Å². The number of carbonyl (C=O) groups is 2. The van der Waals surface area contributed by atoms with Gasteiger partial charge < -0.3 is 29.5 Å². The van der Waals surface area contributed by atoms with Crippen molar-refractivity contribution >= 4 is 29.3 Å². The molecule has 2 N–H and O–H groups in total. The van der Waals surface area contributed by atoms with E-state index in [1.165, 1.54) is 23.9 Å². The lowest BCUT2D eigenvalue weighted by Crippen LogP contribution is -2.36. The molecule has 0 unspecified atom stereocenters. The SMILES string of the molecule is COc1ccccc1NC(=O)c1ccccc1Sc1ccc(C(=O)[O-])cc1.C[N+](C)(C)CCO. The van der Waals surface area contributed by atoms with Crippen LogP contribution in [-0.2, 0) is 0 Å². The van der Waals surface area contributed by atoms with Gasteiger partial charge in [-0.3, -0.25) is 4.79 Å². The number of para-hydroxylation sites is 2. The van der Waals surface area contributed by atoms with Crippen molar-refractivity contribution < 1.29 is 29.0 Å². The third-order valence-electron chi connectivity index (χ3n) is 4.58. The molecule has 0 radical (unpaired) electrons. The molecule has 7 nitrogen and oxygen atoms in total. The lowest BCUT2D eigenvalue weighted by molar-refractivity contribution is -0.870. The fourth-order valence-electron chi connectivity index (χ4n) is 2.77. The van der Waals surface area contributed by atoms with Crippen LogP contribution in [0.5, 0.6) is 5.75 Å². The highest BCUT2D eigenvalue weighted by Crippen LogP contribution is 2.32. The van der Waals surface area contributed by atoms with Crippen LogP contribution in [0.4, 0.5) is 5.69 Å². The molecule has 0 bridgehead atoms. The van der Waals surface area contributed by atoms with Gasteiger partial charge in [-0.1, -0.05) is 48.2 Å². The normalized spacial score (nSPS) is 10.6. The Morgan fingerprint density at radius 3 is 2.15 bits per heavy atom. The van der Waals surface area contributed by atoms with Crippen LogP contribution in [0.1, 0.15) is 20.7 Å². The molecule has 180 valence electrons. The number of hydrogen-bond acceptors (Lipinski definition) is 6. The van der Waals surface area contributed by atoms with Crippen molar-refractivity contribution in [2.45, 2.75) is 9.79 Å². The first kappa shape index (κ1) is 26.9. The Kier molecular flexibility index (Phi) is 10.1. The molecule has 3 rings (SSSR count). The smallest absolute Gasteiger partial charge is 0.256 e. The number of quaternary nitrogens is 1. The van der Waals surface area contributed by atoms with Gasteiger partial charge in [-0.2, -0.15) is 0 Å². The van der Waals surface area contributed by atoms with Crippen LogP contribution >= 0.6 is 11.8 Å². The van der Waals surface area contributed by atoms with Crippen LogP contribution in [0, 0.1) is 0 Å². The number of nitrogens with zero attached hydrogens (tertiary/aromatic N) is 1. The minimum absolute atomic E-state index is 0.113. The summed E-state index contributed by atoms with van der Waals surface area (Å²) in [5, 5.41) is 22.1. The number of benzene rings is 3. The number of ether oxygens (including phenoxy) is 1. The largest absolute Gasteiger partial charge is 0.545 e. The van der Waals surface area contributed by atoms with E-state index in [4.69, 9.17) is 9.84 Å². The molecular formula is C26H30N2O5S. The summed E-state index contributed by atoms with van der Waals surface area (Å²) < 4.78 is 6.11. The molecule has 3 aromatic rings. The van der Waals surface area contributed by atoms with Crippen LogP contribution < -0.4 is 15.2 Å². The van der Waals surface area contributed by atoms with E-state index in [0.29, 0.717) is 17.0 Å². The zero-order valence-corrected chi connectivity index (χ0v) is 20.6. The van der Waals surface area contributed by atoms with Gasteiger partial charge in [0.25, 0.3) is 5.91 Å². The van der Waals surface area contributed by atoms with Crippen molar-refractivity contribution in [2.24, 2.45) is 0 Å². The molecule has 0 aliphatic heterocycles. The Morgan fingerprint density at radius 1 is 0.971 bits per heavy atom. The monoisotopic (exact) mass is 482 g/mol. The molecule has 1 amide bonds. The molecule has 3 aromatic carbocycles. The minimum Gasteiger partial charge on any atom is -0.545 e. The number of aliphatic hydroxyl groups is 1. The van der Waals surface area contributed by atoms with Gasteiger partial charge in [0.1, 0.15) is 12.3 Å². The minimum atomic E-state index is -1.22. The Bertz CT molecular complexity index is 1090. The molecule has 0 saturated heterocycles. The van der Waals surface area contributed by atoms with Crippen molar-refractivity contribution in [1.82, 2.24) is 0 Å². The van der Waals surface area contributed by atoms with Gasteiger partial charge in [0.05, 0.1) is 52.1 Å². The summed E-state index contributed by atoms with van der Waals surface area (Å²) in [4.78, 5) is 25.2. The highest BCUT2D eigenvalue weighted by molar-refractivity contribution is 7.99. The number of amides is 1. The average Bonchev–Trinajstić information content (AvgIpc) is 2.80. The molecule has 34 heavy (non-hydrogen) atoms. The Labute approximate surface area is 204 Å². The number of rotatable bonds is 8. The molecule has 0 saturated carbocycles. The standard InChI is InChI=1S/C21H17NO4S.C5H14NO/c1-26-18-8-4-3-7-17(18)22-20(23)16-6-2-5-9-19(16)27-15-12-10-14(11-13-15)21(24)25;1-6(2,3)4-5-7/h2-13H,1H3,(H,22,23)(H,24,25);7H,4-5H2,1-3H3/q;+1/p-1. The molecular weight excluding hydrogens is 452 g/mol. The zero-order chi connectivity index (χ0) is 25.1. The van der Waals surface area contributed by atoms with Crippen molar-refractivity contribution in [3.05, 3.63) is 83.9 Å². The van der Waals surface area contributed by atoms with Crippen LogP contribution in [0.15, 0.2) is 82.6 Å². The summed E-state index contributed by atoms with van der Waals surface area (Å²) in [6.07, 6.45) is 0. The van der Waals surface area contributed by atoms with Crippen LogP contribution in [0.2, 0.25) is 0 Å². The van der Waals surface area contributed by atoms with Crippen molar-refractivity contribution in [3.8, 4) is 5.75 Å². The van der Waals surface area contributed by atoms with E-state index in [-0.39, 0.29) is 18.1 Å². The van der Waals surface area contributed by atoms with Gasteiger partial charge in [-0.05, 0) is 42.0 Å². The molecule has 0 spiro atoms. The summed E-state index contributed by atoms with van der Waals surface area (Å²) in [6, 6.07) is 20.7. The average molecular weight is 483 g/mol. The number of likely N-dealkylation sites (N-methyl/N-ethyl adjacent to an activating group) is 1. The molecule has 0 atom stereocenters. The van der Waals surface area contributed by atoms with Crippen molar-refractivity contribution in [1.29, 1.82) is 0 Å². The number of carbonyl (C=O) groups excluding carboxylic acids is 2. The van der Waals surface area contributed by atoms with E-state index in [0.717, 1.165) is 20.8 Å². The van der Waals surface area contributed by atoms with E-state index in [2.05, 4.69) is 26.5 Å². The lowest BCUT2D eigenvalue weighted by atomic mass is 10.2. The van der Waals surface area contributed by atoms with Gasteiger partial charge in [0.2, 0.25) is 0 Å². The van der Waals surface area contributed by atoms with E-state index >= 15 is 0 Å². The van der Waals surface area contributed by atoms with E-state index < -0.39 is 5.97 Å². The maximum absolute atomic E-state index is 12.8. The number of aliphatic hydroxyl groups excluding tert-OH is 1. The summed E-state index contributed by atoms with van der Waals surface area (Å²) >= 11 is 1.38. The molecule has 0 fully saturated rings. The fraction of sp³-hybridized carbons (Fsp3) is 0.231. The second kappa shape index (κ2) is 12.8. The van der Waals surface area contributed by atoms with Gasteiger partial charge in [-0.15, -0.1) is 0 Å². The van der Waals surface area contributed by atoms with Crippen molar-refractivity contribution in [2.75, 3.05) is 46.7 Å². The number of anilines is 1. The topological polar surface area (TPSA) is 98.7 Å². The second-order valence-corrected chi connectivity index (χ2v) is 9.42. The summed E-state index contributed by atoms with van der Waals surface area (Å²) in [5.74, 6) is -0.897. The van der Waals surface area contributed by atoms with E-state index in [1.54, 1.807) is 43.5 Å². The highest BCUT2D eigenvalue weighted by atomic mass is 32.2. The van der Waals surface area contributed by atoms with Gasteiger partial charge in [-0.25, -0.2) is 0 Å². The number of nitrogens with one attached hydrogen (secondary N) is 1. The van der Waals surface area contributed by atoms with Gasteiger partial charge in [0.15, 0.2) is 0 Å². The van der Waals surface area contributed by atoms with Gasteiger partial charge in [0, 0.05) is 9.79 Å². The van der Waals surface area contributed by atoms with Crippen molar-refractivity contribution in [3.63, 3.8) is 0 Å². The number of carboxylic acid groups (broad SMARTS) is 1. The van der Waals surface area contributed by atoms with E-state index in [9.17, 15) is 14.7 Å². The number of hydrogen-bond donors (Lipinski definition) is 2. The zero-order valence-electron chi connectivity index (χ0n) is 19.8. The third-order valence-corrected chi connectivity index (χ3v) is 5.66. The predicted octanol–water partition coefficient (Wildman–Crippen LogP) is 3.15. The second-order valence-electron chi connectivity index (χ2n) is 8.30. The summed E-state index contributed by atoms with van der Waals surface area (Å²) in [5.41, 5.74) is 1.21. The Hall–Kier alpha value is -3.33. The number of methoxy groups -OCH3 is 1. The maximum atomic E-state index is 12.8. The molecule has 0 aromatic heterocycles. The Balaban J connectivity index is 0.000000509. The fourth-order valence-corrected chi connectivity index (χ4v) is 3.71. The third kappa shape index (κ3) is 8.55. The number of carboxylic acids is 1.